The van der Waals surface area contributed by atoms with Crippen LogP contribution in [0.4, 0.5) is 23.2 Å². The van der Waals surface area contributed by atoms with Crippen molar-refractivity contribution in [3.05, 3.63) is 77.4 Å². The number of alkyl halides is 3. The Kier molecular flexibility index (Phi) is 4.84. The molecule has 4 aromatic rings. The van der Waals surface area contributed by atoms with Crippen LogP contribution in [-0.4, -0.2) is 25.6 Å². The molecule has 0 radical (unpaired) electrons. The van der Waals surface area contributed by atoms with Gasteiger partial charge in [0, 0.05) is 11.6 Å². The molecule has 0 unspecified atom stereocenters. The van der Waals surface area contributed by atoms with E-state index in [1.165, 1.54) is 24.3 Å². The molecule has 0 bridgehead atoms. The number of rotatable bonds is 3. The normalized spacial score (nSPS) is 11.6. The molecule has 31 heavy (non-hydrogen) atoms. The Morgan fingerprint density at radius 3 is 2.45 bits per heavy atom. The highest BCUT2D eigenvalue weighted by Gasteiger charge is 2.35. The zero-order chi connectivity index (χ0) is 22.3. The van der Waals surface area contributed by atoms with Crippen LogP contribution in [0, 0.1) is 12.7 Å². The summed E-state index contributed by atoms with van der Waals surface area (Å²) in [6.45, 7) is 1.75. The van der Waals surface area contributed by atoms with E-state index in [1.54, 1.807) is 13.0 Å². The van der Waals surface area contributed by atoms with Gasteiger partial charge >= 0.3 is 6.18 Å². The number of hydrogen-bond donors (Lipinski definition) is 2. The zero-order valence-corrected chi connectivity index (χ0v) is 15.9. The van der Waals surface area contributed by atoms with Gasteiger partial charge in [-0.25, -0.2) is 13.9 Å². The molecular formula is C21H14F4N4O2. The fourth-order valence-corrected chi connectivity index (χ4v) is 2.99. The van der Waals surface area contributed by atoms with Crippen molar-refractivity contribution in [2.75, 3.05) is 5.32 Å². The lowest BCUT2D eigenvalue weighted by Gasteiger charge is -2.11. The first kappa shape index (κ1) is 20.3. The minimum absolute atomic E-state index is 0.0528. The number of aromatic hydroxyl groups is 1. The summed E-state index contributed by atoms with van der Waals surface area (Å²) < 4.78 is 54.6. The standard InChI is InChI=1S/C21H14F4N4O2/c1-11-2-7-17(30)15(8-11)27-20(31)16-10-19-26-14(12-3-5-13(22)6-4-12)9-18(21(23,24)25)29(19)28-16/h2-10,30H,1H3,(H,27,31). The Labute approximate surface area is 172 Å². The SMILES string of the molecule is Cc1ccc(O)c(NC(=O)c2cc3nc(-c4ccc(F)cc4)cc(C(F)(F)F)n3n2)c1. The highest BCUT2D eigenvalue weighted by atomic mass is 19.4. The van der Waals surface area contributed by atoms with Gasteiger partial charge in [0.2, 0.25) is 0 Å². The van der Waals surface area contributed by atoms with Crippen LogP contribution in [0.15, 0.2) is 54.6 Å². The van der Waals surface area contributed by atoms with Crippen LogP contribution < -0.4 is 5.32 Å². The number of amides is 1. The third-order valence-corrected chi connectivity index (χ3v) is 4.49. The molecule has 0 aliphatic heterocycles. The average Bonchev–Trinajstić information content (AvgIpc) is 3.14. The van der Waals surface area contributed by atoms with Crippen molar-refractivity contribution < 1.29 is 27.5 Å². The first-order valence-electron chi connectivity index (χ1n) is 8.97. The molecule has 0 aliphatic carbocycles. The average molecular weight is 430 g/mol. The van der Waals surface area contributed by atoms with Gasteiger partial charge < -0.3 is 10.4 Å². The Hall–Kier alpha value is -3.95. The predicted molar refractivity (Wildman–Crippen MR) is 104 cm³/mol. The molecule has 0 atom stereocenters. The molecular weight excluding hydrogens is 416 g/mol. The number of carbonyl (C=O) groups is 1. The van der Waals surface area contributed by atoms with Gasteiger partial charge in [0.1, 0.15) is 11.6 Å². The van der Waals surface area contributed by atoms with E-state index in [0.717, 1.165) is 29.8 Å². The smallest absolute Gasteiger partial charge is 0.433 e. The number of phenolic OH excluding ortho intramolecular Hbond substituents is 1. The van der Waals surface area contributed by atoms with E-state index in [0.29, 0.717) is 4.52 Å². The summed E-state index contributed by atoms with van der Waals surface area (Å²) in [4.78, 5) is 16.7. The first-order chi connectivity index (χ1) is 14.6. The second kappa shape index (κ2) is 7.38. The molecule has 4 rings (SSSR count). The third-order valence-electron chi connectivity index (χ3n) is 4.49. The van der Waals surface area contributed by atoms with Crippen LogP contribution in [0.1, 0.15) is 21.7 Å². The van der Waals surface area contributed by atoms with Gasteiger partial charge in [-0.05, 0) is 55.0 Å². The summed E-state index contributed by atoms with van der Waals surface area (Å²) in [5.74, 6) is -1.55. The number of phenols is 1. The third kappa shape index (κ3) is 4.04. The van der Waals surface area contributed by atoms with Crippen molar-refractivity contribution >= 4 is 17.2 Å². The summed E-state index contributed by atoms with van der Waals surface area (Å²) in [6.07, 6.45) is -4.79. The lowest BCUT2D eigenvalue weighted by molar-refractivity contribution is -0.142. The molecule has 0 saturated heterocycles. The van der Waals surface area contributed by atoms with Crippen LogP contribution in [0.5, 0.6) is 5.75 Å². The maximum Gasteiger partial charge on any atom is 0.433 e. The van der Waals surface area contributed by atoms with E-state index in [2.05, 4.69) is 15.4 Å². The summed E-state index contributed by atoms with van der Waals surface area (Å²) >= 11 is 0. The highest BCUT2D eigenvalue weighted by Crippen LogP contribution is 2.32. The van der Waals surface area contributed by atoms with Crippen molar-refractivity contribution in [3.63, 3.8) is 0 Å². The lowest BCUT2D eigenvalue weighted by atomic mass is 10.1. The van der Waals surface area contributed by atoms with Crippen LogP contribution in [0.25, 0.3) is 16.9 Å². The molecule has 6 nitrogen and oxygen atoms in total. The van der Waals surface area contributed by atoms with Gasteiger partial charge in [-0.1, -0.05) is 6.07 Å². The summed E-state index contributed by atoms with van der Waals surface area (Å²) in [7, 11) is 0. The molecule has 0 saturated carbocycles. The largest absolute Gasteiger partial charge is 0.506 e. The van der Waals surface area contributed by atoms with E-state index in [-0.39, 0.29) is 34.0 Å². The Morgan fingerprint density at radius 1 is 1.06 bits per heavy atom. The molecule has 2 aromatic heterocycles. The molecule has 2 heterocycles. The predicted octanol–water partition coefficient (Wildman–Crippen LogP) is 4.82. The first-order valence-corrected chi connectivity index (χ1v) is 8.97. The number of anilines is 1. The van der Waals surface area contributed by atoms with Crippen LogP contribution in [0.2, 0.25) is 0 Å². The number of nitrogens with zero attached hydrogens (tertiary/aromatic N) is 3. The number of nitrogens with one attached hydrogen (secondary N) is 1. The van der Waals surface area contributed by atoms with Crippen LogP contribution >= 0.6 is 0 Å². The quantitative estimate of drug-likeness (QED) is 0.361. The number of benzene rings is 2. The topological polar surface area (TPSA) is 79.5 Å². The Bertz CT molecular complexity index is 1300. The monoisotopic (exact) mass is 430 g/mol. The van der Waals surface area contributed by atoms with Crippen molar-refractivity contribution in [2.45, 2.75) is 13.1 Å². The number of aromatic nitrogens is 3. The maximum atomic E-state index is 13.6. The fraction of sp³-hybridized carbons (Fsp3) is 0.0952. The number of carbonyl (C=O) groups excluding carboxylic acids is 1. The molecule has 158 valence electrons. The molecule has 0 spiro atoms. The minimum Gasteiger partial charge on any atom is -0.506 e. The Morgan fingerprint density at radius 2 is 1.77 bits per heavy atom. The van der Waals surface area contributed by atoms with Crippen molar-refractivity contribution in [2.24, 2.45) is 0 Å². The van der Waals surface area contributed by atoms with Crippen molar-refractivity contribution in [3.8, 4) is 17.0 Å². The van der Waals surface area contributed by atoms with Gasteiger partial charge in [0.15, 0.2) is 17.0 Å². The Balaban J connectivity index is 1.79. The summed E-state index contributed by atoms with van der Waals surface area (Å²) in [5, 5.41) is 16.1. The number of aryl methyl sites for hydroxylation is 1. The molecule has 0 aliphatic rings. The van der Waals surface area contributed by atoms with Crippen LogP contribution in [-0.2, 0) is 6.18 Å². The number of fused-ring (bicyclic) bond motifs is 1. The van der Waals surface area contributed by atoms with Gasteiger partial charge in [-0.2, -0.15) is 18.3 Å². The van der Waals surface area contributed by atoms with E-state index in [1.807, 2.05) is 0 Å². The van der Waals surface area contributed by atoms with Gasteiger partial charge in [0.05, 0.1) is 11.4 Å². The second-order valence-electron chi connectivity index (χ2n) is 6.81. The van der Waals surface area contributed by atoms with Gasteiger partial charge in [-0.3, -0.25) is 4.79 Å². The molecule has 1 amide bonds. The molecule has 0 fully saturated rings. The van der Waals surface area contributed by atoms with Gasteiger partial charge in [0.25, 0.3) is 5.91 Å². The fourth-order valence-electron chi connectivity index (χ4n) is 2.99. The van der Waals surface area contributed by atoms with E-state index < -0.39 is 23.6 Å². The van der Waals surface area contributed by atoms with Crippen molar-refractivity contribution in [1.82, 2.24) is 14.6 Å². The highest BCUT2D eigenvalue weighted by molar-refractivity contribution is 6.04. The van der Waals surface area contributed by atoms with E-state index in [9.17, 15) is 27.5 Å². The van der Waals surface area contributed by atoms with Crippen LogP contribution in [0.3, 0.4) is 0 Å². The lowest BCUT2D eigenvalue weighted by Crippen LogP contribution is -2.16. The second-order valence-corrected chi connectivity index (χ2v) is 6.81. The zero-order valence-electron chi connectivity index (χ0n) is 15.9. The number of halogens is 4. The number of hydrogen-bond acceptors (Lipinski definition) is 4. The summed E-state index contributed by atoms with van der Waals surface area (Å²) in [5.41, 5.74) is -0.613. The molecule has 10 heteroatoms. The molecule has 2 N–H and O–H groups in total. The van der Waals surface area contributed by atoms with Gasteiger partial charge in [-0.15, -0.1) is 0 Å². The maximum absolute atomic E-state index is 13.6. The minimum atomic E-state index is -4.79. The van der Waals surface area contributed by atoms with Crippen molar-refractivity contribution in [1.29, 1.82) is 0 Å². The molecule has 2 aromatic carbocycles. The van der Waals surface area contributed by atoms with E-state index in [4.69, 9.17) is 0 Å². The summed E-state index contributed by atoms with van der Waals surface area (Å²) in [6, 6.07) is 11.2. The van der Waals surface area contributed by atoms with E-state index >= 15 is 0 Å².